The van der Waals surface area contributed by atoms with Crippen LogP contribution in [0.5, 0.6) is 0 Å². The van der Waals surface area contributed by atoms with Gasteiger partial charge in [-0.1, -0.05) is 6.07 Å². The summed E-state index contributed by atoms with van der Waals surface area (Å²) in [5.74, 6) is -0.352. The van der Waals surface area contributed by atoms with Crippen LogP contribution in [0.4, 0.5) is 14.9 Å². The first-order valence-electron chi connectivity index (χ1n) is 6.17. The van der Waals surface area contributed by atoms with Crippen molar-refractivity contribution in [3.8, 4) is 0 Å². The van der Waals surface area contributed by atoms with Crippen molar-refractivity contribution in [2.75, 3.05) is 11.9 Å². The molecule has 6 heteroatoms. The molecule has 0 bridgehead atoms. The lowest BCUT2D eigenvalue weighted by molar-refractivity contribution is 0.171. The number of nitrogens with one attached hydrogen (secondary N) is 2. The minimum atomic E-state index is -0.568. The molecule has 106 valence electrons. The van der Waals surface area contributed by atoms with Gasteiger partial charge >= 0.3 is 6.03 Å². The molecule has 3 N–H and O–H groups in total. The third kappa shape index (κ3) is 4.32. The topological polar surface area (TPSA) is 61.4 Å². The van der Waals surface area contributed by atoms with Gasteiger partial charge in [0.05, 0.1) is 6.10 Å². The first kappa shape index (κ1) is 14.5. The predicted molar refractivity (Wildman–Crippen MR) is 77.3 cm³/mol. The van der Waals surface area contributed by atoms with Crippen LogP contribution in [0.3, 0.4) is 0 Å². The minimum absolute atomic E-state index is 0.352. The second-order valence-electron chi connectivity index (χ2n) is 4.21. The third-order valence-electron chi connectivity index (χ3n) is 2.68. The van der Waals surface area contributed by atoms with E-state index >= 15 is 0 Å². The lowest BCUT2D eigenvalue weighted by Gasteiger charge is -2.10. The van der Waals surface area contributed by atoms with Crippen LogP contribution in [0.15, 0.2) is 41.8 Å². The fourth-order valence-corrected chi connectivity index (χ4v) is 2.40. The average Bonchev–Trinajstić information content (AvgIpc) is 2.95. The van der Waals surface area contributed by atoms with Crippen molar-refractivity contribution in [2.45, 2.75) is 12.5 Å². The number of halogens is 1. The summed E-state index contributed by atoms with van der Waals surface area (Å²) < 4.78 is 12.7. The zero-order chi connectivity index (χ0) is 14.4. The van der Waals surface area contributed by atoms with E-state index < -0.39 is 6.10 Å². The Hall–Kier alpha value is -1.92. The van der Waals surface area contributed by atoms with Crippen molar-refractivity contribution in [1.29, 1.82) is 0 Å². The highest BCUT2D eigenvalue weighted by molar-refractivity contribution is 7.10. The van der Waals surface area contributed by atoms with Crippen LogP contribution in [0.2, 0.25) is 0 Å². The molecule has 0 aliphatic heterocycles. The normalized spacial score (nSPS) is 11.9. The van der Waals surface area contributed by atoms with E-state index in [2.05, 4.69) is 10.6 Å². The molecule has 0 aliphatic rings. The summed E-state index contributed by atoms with van der Waals surface area (Å²) in [6.07, 6.45) is -0.127. The van der Waals surface area contributed by atoms with Crippen molar-refractivity contribution >= 4 is 23.1 Å². The van der Waals surface area contributed by atoms with Gasteiger partial charge in [0.2, 0.25) is 0 Å². The number of aliphatic hydroxyl groups excluding tert-OH is 1. The molecule has 4 nitrogen and oxygen atoms in total. The number of carbonyl (C=O) groups excluding carboxylic acids is 1. The molecule has 0 spiro atoms. The quantitative estimate of drug-likeness (QED) is 0.793. The standard InChI is InChI=1S/C14H15FN2O2S/c15-10-3-5-11(6-4-10)17-14(19)16-8-7-12(18)13-2-1-9-20-13/h1-6,9,12,18H,7-8H2,(H2,16,17,19). The largest absolute Gasteiger partial charge is 0.388 e. The molecule has 2 amide bonds. The monoisotopic (exact) mass is 294 g/mol. The van der Waals surface area contributed by atoms with Crippen molar-refractivity contribution in [3.05, 3.63) is 52.5 Å². The van der Waals surface area contributed by atoms with Crippen LogP contribution in [0.1, 0.15) is 17.4 Å². The molecule has 0 radical (unpaired) electrons. The second-order valence-corrected chi connectivity index (χ2v) is 5.19. The molecule has 0 aliphatic carbocycles. The van der Waals surface area contributed by atoms with Gasteiger partial charge in [0.1, 0.15) is 5.82 Å². The number of hydrogen-bond acceptors (Lipinski definition) is 3. The third-order valence-corrected chi connectivity index (χ3v) is 3.65. The Kier molecular flexibility index (Phi) is 5.09. The van der Waals surface area contributed by atoms with E-state index in [9.17, 15) is 14.3 Å². The zero-order valence-corrected chi connectivity index (χ0v) is 11.5. The van der Waals surface area contributed by atoms with Gasteiger partial charge in [-0.2, -0.15) is 0 Å². The predicted octanol–water partition coefficient (Wildman–Crippen LogP) is 3.13. The molecule has 20 heavy (non-hydrogen) atoms. The van der Waals surface area contributed by atoms with Crippen molar-refractivity contribution in [1.82, 2.24) is 5.32 Å². The number of hydrogen-bond donors (Lipinski definition) is 3. The SMILES string of the molecule is O=C(NCCC(O)c1cccs1)Nc1ccc(F)cc1. The number of thiophene rings is 1. The molecule has 0 saturated heterocycles. The number of rotatable bonds is 5. The second kappa shape index (κ2) is 7.02. The average molecular weight is 294 g/mol. The van der Waals surface area contributed by atoms with E-state index in [0.717, 1.165) is 4.88 Å². The summed E-state index contributed by atoms with van der Waals surface area (Å²) >= 11 is 1.48. The summed E-state index contributed by atoms with van der Waals surface area (Å²) in [5, 5.41) is 17.0. The zero-order valence-electron chi connectivity index (χ0n) is 10.7. The molecular formula is C14H15FN2O2S. The molecule has 1 aromatic heterocycles. The van der Waals surface area contributed by atoms with Crippen molar-refractivity contribution in [2.24, 2.45) is 0 Å². The first-order chi connectivity index (χ1) is 9.65. The molecule has 2 aromatic rings. The number of anilines is 1. The van der Waals surface area contributed by atoms with Crippen LogP contribution in [-0.4, -0.2) is 17.7 Å². The Morgan fingerprint density at radius 3 is 2.70 bits per heavy atom. The van der Waals surface area contributed by atoms with Gasteiger partial charge in [-0.15, -0.1) is 11.3 Å². The molecule has 2 rings (SSSR count). The summed E-state index contributed by atoms with van der Waals surface area (Å²) in [5.41, 5.74) is 0.516. The van der Waals surface area contributed by atoms with Crippen LogP contribution in [0, 0.1) is 5.82 Å². The number of amides is 2. The van der Waals surface area contributed by atoms with E-state index in [4.69, 9.17) is 0 Å². The van der Waals surface area contributed by atoms with E-state index in [1.165, 1.54) is 35.6 Å². The van der Waals surface area contributed by atoms with E-state index in [-0.39, 0.29) is 11.8 Å². The number of carbonyl (C=O) groups is 1. The lowest BCUT2D eigenvalue weighted by atomic mass is 10.2. The van der Waals surface area contributed by atoms with E-state index in [0.29, 0.717) is 18.7 Å². The smallest absolute Gasteiger partial charge is 0.319 e. The lowest BCUT2D eigenvalue weighted by Crippen LogP contribution is -2.30. The number of aliphatic hydroxyl groups is 1. The highest BCUT2D eigenvalue weighted by Gasteiger charge is 2.09. The van der Waals surface area contributed by atoms with Gasteiger partial charge in [-0.3, -0.25) is 0 Å². The molecule has 1 unspecified atom stereocenters. The summed E-state index contributed by atoms with van der Waals surface area (Å²) in [4.78, 5) is 12.5. The molecule has 1 atom stereocenters. The van der Waals surface area contributed by atoms with Gasteiger partial charge in [0.15, 0.2) is 0 Å². The molecule has 0 fully saturated rings. The Morgan fingerprint density at radius 2 is 2.05 bits per heavy atom. The maximum atomic E-state index is 12.7. The maximum absolute atomic E-state index is 12.7. The fraction of sp³-hybridized carbons (Fsp3) is 0.214. The van der Waals surface area contributed by atoms with Crippen LogP contribution < -0.4 is 10.6 Å². The number of benzene rings is 1. The first-order valence-corrected chi connectivity index (χ1v) is 7.05. The Bertz CT molecular complexity index is 543. The fourth-order valence-electron chi connectivity index (χ4n) is 1.65. The van der Waals surface area contributed by atoms with E-state index in [1.54, 1.807) is 0 Å². The molecule has 1 aromatic carbocycles. The van der Waals surface area contributed by atoms with Gasteiger partial charge in [-0.05, 0) is 42.1 Å². The molecule has 1 heterocycles. The maximum Gasteiger partial charge on any atom is 0.319 e. The summed E-state index contributed by atoms with van der Waals surface area (Å²) in [6.45, 7) is 0.353. The highest BCUT2D eigenvalue weighted by Crippen LogP contribution is 2.20. The Labute approximate surface area is 120 Å². The van der Waals surface area contributed by atoms with Crippen molar-refractivity contribution in [3.63, 3.8) is 0 Å². The number of urea groups is 1. The van der Waals surface area contributed by atoms with Gasteiger partial charge < -0.3 is 15.7 Å². The summed E-state index contributed by atoms with van der Waals surface area (Å²) in [7, 11) is 0. The van der Waals surface area contributed by atoms with Crippen molar-refractivity contribution < 1.29 is 14.3 Å². The van der Waals surface area contributed by atoms with E-state index in [1.807, 2.05) is 17.5 Å². The molecule has 0 saturated carbocycles. The molecular weight excluding hydrogens is 279 g/mol. The Morgan fingerprint density at radius 1 is 1.30 bits per heavy atom. The Balaban J connectivity index is 1.71. The van der Waals surface area contributed by atoms with Gasteiger partial charge in [0.25, 0.3) is 0 Å². The van der Waals surface area contributed by atoms with Gasteiger partial charge in [0, 0.05) is 17.1 Å². The van der Waals surface area contributed by atoms with Crippen LogP contribution in [0.25, 0.3) is 0 Å². The van der Waals surface area contributed by atoms with Gasteiger partial charge in [-0.25, -0.2) is 9.18 Å². The van der Waals surface area contributed by atoms with Crippen LogP contribution >= 0.6 is 11.3 Å². The van der Waals surface area contributed by atoms with Crippen LogP contribution in [-0.2, 0) is 0 Å². The highest BCUT2D eigenvalue weighted by atomic mass is 32.1. The minimum Gasteiger partial charge on any atom is -0.388 e. The summed E-state index contributed by atoms with van der Waals surface area (Å²) in [6, 6.07) is 8.86.